The summed E-state index contributed by atoms with van der Waals surface area (Å²) in [6.45, 7) is 2.25. The molecule has 0 saturated heterocycles. The van der Waals surface area contributed by atoms with E-state index in [0.29, 0.717) is 17.7 Å². The highest BCUT2D eigenvalue weighted by Crippen LogP contribution is 2.15. The summed E-state index contributed by atoms with van der Waals surface area (Å²) in [5, 5.41) is 16.1. The number of ether oxygens (including phenoxy) is 1. The number of amides is 2. The van der Waals surface area contributed by atoms with Crippen LogP contribution in [0.25, 0.3) is 0 Å². The van der Waals surface area contributed by atoms with Crippen LogP contribution in [0.3, 0.4) is 0 Å². The number of carbonyl (C=O) groups is 3. The van der Waals surface area contributed by atoms with Gasteiger partial charge in [-0.15, -0.1) is 0 Å². The molecule has 3 N–H and O–H groups in total. The number of nitrogens with one attached hydrogen (secondary N) is 2. The van der Waals surface area contributed by atoms with Gasteiger partial charge in [-0.25, -0.2) is 4.79 Å². The second-order valence-corrected chi connectivity index (χ2v) is 10.9. The number of esters is 1. The third-order valence-electron chi connectivity index (χ3n) is 7.38. The van der Waals surface area contributed by atoms with Gasteiger partial charge in [-0.1, -0.05) is 114 Å². The molecule has 7 nitrogen and oxygen atoms in total. The summed E-state index contributed by atoms with van der Waals surface area (Å²) in [7, 11) is 1.19. The average molecular weight is 567 g/mol. The van der Waals surface area contributed by atoms with Crippen molar-refractivity contribution in [2.75, 3.05) is 12.4 Å². The summed E-state index contributed by atoms with van der Waals surface area (Å²) in [4.78, 5) is 37.2. The van der Waals surface area contributed by atoms with E-state index < -0.39 is 24.0 Å². The fourth-order valence-electron chi connectivity index (χ4n) is 4.88. The summed E-state index contributed by atoms with van der Waals surface area (Å²) in [5.74, 6) is -1.28. The Morgan fingerprint density at radius 3 is 1.83 bits per heavy atom. The van der Waals surface area contributed by atoms with Gasteiger partial charge in [0.25, 0.3) is 5.91 Å². The quantitative estimate of drug-likeness (QED) is 0.112. The number of unbranched alkanes of at least 4 members (excludes halogenated alkanes) is 12. The Bertz CT molecular complexity index is 1010. The molecule has 0 aliphatic carbocycles. The van der Waals surface area contributed by atoms with Gasteiger partial charge in [0.2, 0.25) is 5.91 Å². The van der Waals surface area contributed by atoms with Crippen LogP contribution in [0, 0.1) is 0 Å². The van der Waals surface area contributed by atoms with Gasteiger partial charge in [0, 0.05) is 17.7 Å². The molecule has 0 unspecified atom stereocenters. The standard InChI is InChI=1S/C34H50N2O5/c1-3-4-5-6-7-8-9-10-11-12-13-14-18-21-31(37)35-29-24-22-28(23-25-29)33(39)36-30(32(38)34(40)41-2)26-27-19-16-15-17-20-27/h15-17,19-20,22-25,30,32,38H,3-14,18,21,26H2,1-2H3,(H,35,37)(H,36,39)/t30-,32+/m0/s1. The van der Waals surface area contributed by atoms with Crippen molar-refractivity contribution in [3.05, 3.63) is 65.7 Å². The molecule has 0 saturated carbocycles. The van der Waals surface area contributed by atoms with Crippen molar-refractivity contribution in [2.24, 2.45) is 0 Å². The van der Waals surface area contributed by atoms with E-state index in [2.05, 4.69) is 22.3 Å². The van der Waals surface area contributed by atoms with Gasteiger partial charge in [0.15, 0.2) is 6.10 Å². The van der Waals surface area contributed by atoms with E-state index in [1.165, 1.54) is 77.7 Å². The van der Waals surface area contributed by atoms with E-state index in [-0.39, 0.29) is 12.3 Å². The molecule has 2 aromatic carbocycles. The second-order valence-electron chi connectivity index (χ2n) is 10.9. The number of hydrogen-bond donors (Lipinski definition) is 3. The van der Waals surface area contributed by atoms with Gasteiger partial charge in [-0.05, 0) is 42.7 Å². The predicted octanol–water partition coefficient (Wildman–Crippen LogP) is 6.98. The van der Waals surface area contributed by atoms with Gasteiger partial charge in [-0.3, -0.25) is 9.59 Å². The molecular weight excluding hydrogens is 516 g/mol. The first-order valence-corrected chi connectivity index (χ1v) is 15.4. The summed E-state index contributed by atoms with van der Waals surface area (Å²) < 4.78 is 4.67. The van der Waals surface area contributed by atoms with E-state index in [1.54, 1.807) is 24.3 Å². The van der Waals surface area contributed by atoms with Crippen molar-refractivity contribution in [3.63, 3.8) is 0 Å². The van der Waals surface area contributed by atoms with E-state index in [4.69, 9.17) is 0 Å². The third-order valence-corrected chi connectivity index (χ3v) is 7.38. The molecule has 0 aliphatic heterocycles. The molecular formula is C34H50N2O5. The van der Waals surface area contributed by atoms with Gasteiger partial charge in [0.1, 0.15) is 0 Å². The zero-order chi connectivity index (χ0) is 29.7. The van der Waals surface area contributed by atoms with Gasteiger partial charge in [-0.2, -0.15) is 0 Å². The van der Waals surface area contributed by atoms with E-state index in [0.717, 1.165) is 18.4 Å². The minimum absolute atomic E-state index is 0.0330. The van der Waals surface area contributed by atoms with Crippen LogP contribution in [0.15, 0.2) is 54.6 Å². The van der Waals surface area contributed by atoms with Crippen LogP contribution in [-0.4, -0.2) is 42.1 Å². The zero-order valence-electron chi connectivity index (χ0n) is 25.0. The summed E-state index contributed by atoms with van der Waals surface area (Å²) in [6.07, 6.45) is 15.7. The fraction of sp³-hybridized carbons (Fsp3) is 0.559. The molecule has 2 atom stereocenters. The lowest BCUT2D eigenvalue weighted by molar-refractivity contribution is -0.151. The molecule has 0 fully saturated rings. The number of rotatable bonds is 21. The Morgan fingerprint density at radius 1 is 0.756 bits per heavy atom. The van der Waals surface area contributed by atoms with Crippen molar-refractivity contribution < 1.29 is 24.2 Å². The molecule has 0 spiro atoms. The van der Waals surface area contributed by atoms with E-state index in [1.807, 2.05) is 30.3 Å². The Balaban J connectivity index is 1.68. The lowest BCUT2D eigenvalue weighted by atomic mass is 10.0. The highest BCUT2D eigenvalue weighted by Gasteiger charge is 2.29. The molecule has 0 heterocycles. The monoisotopic (exact) mass is 566 g/mol. The average Bonchev–Trinajstić information content (AvgIpc) is 2.99. The van der Waals surface area contributed by atoms with Crippen molar-refractivity contribution in [1.29, 1.82) is 0 Å². The maximum atomic E-state index is 12.9. The number of carbonyl (C=O) groups excluding carboxylic acids is 3. The Hall–Kier alpha value is -3.19. The first-order valence-electron chi connectivity index (χ1n) is 15.4. The molecule has 41 heavy (non-hydrogen) atoms. The van der Waals surface area contributed by atoms with Crippen LogP contribution in [0.5, 0.6) is 0 Å². The molecule has 0 aromatic heterocycles. The van der Waals surface area contributed by atoms with E-state index >= 15 is 0 Å². The third kappa shape index (κ3) is 14.3. The minimum Gasteiger partial charge on any atom is -0.467 e. The SMILES string of the molecule is CCCCCCCCCCCCCCCC(=O)Nc1ccc(C(=O)N[C@@H](Cc2ccccc2)[C@@H](O)C(=O)OC)cc1. The summed E-state index contributed by atoms with van der Waals surface area (Å²) in [5.41, 5.74) is 1.84. The van der Waals surface area contributed by atoms with Crippen molar-refractivity contribution in [1.82, 2.24) is 5.32 Å². The Kier molecular flexibility index (Phi) is 17.1. The van der Waals surface area contributed by atoms with Gasteiger partial charge < -0.3 is 20.5 Å². The van der Waals surface area contributed by atoms with Crippen LogP contribution < -0.4 is 10.6 Å². The molecule has 2 aromatic rings. The molecule has 2 rings (SSSR count). The fourth-order valence-corrected chi connectivity index (χ4v) is 4.88. The molecule has 226 valence electrons. The molecule has 2 amide bonds. The van der Waals surface area contributed by atoms with Gasteiger partial charge >= 0.3 is 5.97 Å². The number of hydrogen-bond acceptors (Lipinski definition) is 5. The molecule has 0 aliphatic rings. The highest BCUT2D eigenvalue weighted by molar-refractivity contribution is 5.96. The Morgan fingerprint density at radius 2 is 1.29 bits per heavy atom. The lowest BCUT2D eigenvalue weighted by Crippen LogP contribution is -2.48. The minimum atomic E-state index is -1.51. The number of aliphatic hydroxyl groups is 1. The normalized spacial score (nSPS) is 12.4. The van der Waals surface area contributed by atoms with Crippen molar-refractivity contribution in [3.8, 4) is 0 Å². The molecule has 7 heteroatoms. The first kappa shape index (κ1) is 34.0. The number of anilines is 1. The van der Waals surface area contributed by atoms with Crippen molar-refractivity contribution >= 4 is 23.5 Å². The van der Waals surface area contributed by atoms with E-state index in [9.17, 15) is 19.5 Å². The number of methoxy groups -OCH3 is 1. The van der Waals surface area contributed by atoms with Crippen molar-refractivity contribution in [2.45, 2.75) is 115 Å². The largest absolute Gasteiger partial charge is 0.467 e. The van der Waals surface area contributed by atoms with Crippen LogP contribution >= 0.6 is 0 Å². The predicted molar refractivity (Wildman–Crippen MR) is 165 cm³/mol. The highest BCUT2D eigenvalue weighted by atomic mass is 16.5. The smallest absolute Gasteiger partial charge is 0.336 e. The number of benzene rings is 2. The van der Waals surface area contributed by atoms with Crippen LogP contribution in [0.4, 0.5) is 5.69 Å². The first-order chi connectivity index (χ1) is 19.9. The van der Waals surface area contributed by atoms with Gasteiger partial charge in [0.05, 0.1) is 13.2 Å². The maximum Gasteiger partial charge on any atom is 0.336 e. The molecule has 0 bridgehead atoms. The maximum absolute atomic E-state index is 12.9. The van der Waals surface area contributed by atoms with Crippen LogP contribution in [-0.2, 0) is 20.7 Å². The summed E-state index contributed by atoms with van der Waals surface area (Å²) >= 11 is 0. The van der Waals surface area contributed by atoms with Crippen LogP contribution in [0.1, 0.15) is 113 Å². The topological polar surface area (TPSA) is 105 Å². The number of aliphatic hydroxyl groups excluding tert-OH is 1. The second kappa shape index (κ2) is 20.7. The zero-order valence-corrected chi connectivity index (χ0v) is 25.0. The summed E-state index contributed by atoms with van der Waals surface area (Å²) in [6, 6.07) is 15.0. The lowest BCUT2D eigenvalue weighted by Gasteiger charge is -2.23. The Labute approximate surface area is 246 Å². The molecule has 0 radical (unpaired) electrons. The van der Waals surface area contributed by atoms with Crippen LogP contribution in [0.2, 0.25) is 0 Å².